The lowest BCUT2D eigenvalue weighted by Crippen LogP contribution is -2.04. The third-order valence-electron chi connectivity index (χ3n) is 2.56. The first-order chi connectivity index (χ1) is 8.61. The van der Waals surface area contributed by atoms with Crippen LogP contribution >= 0.6 is 22.6 Å². The number of anilines is 1. The van der Waals surface area contributed by atoms with Gasteiger partial charge in [-0.2, -0.15) is 0 Å². The molecule has 94 valence electrons. The maximum absolute atomic E-state index is 9.27. The van der Waals surface area contributed by atoms with Gasteiger partial charge in [0.05, 0.1) is 9.26 Å². The van der Waals surface area contributed by atoms with Crippen LogP contribution in [0.15, 0.2) is 24.3 Å². The summed E-state index contributed by atoms with van der Waals surface area (Å²) in [5.41, 5.74) is 7.75. The standard InChI is InChI=1S/C13H14IN3O/c1-2-3-10-11(14)12(15)17-13(16-10)8-4-6-9(18)7-5-8/h4-7,18H,2-3H2,1H3,(H2,15,16,17). The van der Waals surface area contributed by atoms with Gasteiger partial charge in [0.25, 0.3) is 0 Å². The van der Waals surface area contributed by atoms with Crippen LogP contribution in [-0.2, 0) is 6.42 Å². The van der Waals surface area contributed by atoms with E-state index in [0.717, 1.165) is 27.7 Å². The summed E-state index contributed by atoms with van der Waals surface area (Å²) >= 11 is 2.18. The maximum atomic E-state index is 9.27. The Morgan fingerprint density at radius 2 is 1.89 bits per heavy atom. The quantitative estimate of drug-likeness (QED) is 0.831. The number of nitrogens with two attached hydrogens (primary N) is 1. The SMILES string of the molecule is CCCc1nc(-c2ccc(O)cc2)nc(N)c1I. The van der Waals surface area contributed by atoms with E-state index in [1.807, 2.05) is 0 Å². The molecule has 0 amide bonds. The molecule has 0 aliphatic rings. The molecule has 0 atom stereocenters. The van der Waals surface area contributed by atoms with E-state index in [1.54, 1.807) is 24.3 Å². The number of halogens is 1. The molecule has 0 bridgehead atoms. The monoisotopic (exact) mass is 355 g/mol. The predicted octanol–water partition coefficient (Wildman–Crippen LogP) is 2.99. The Bertz CT molecular complexity index is 555. The van der Waals surface area contributed by atoms with E-state index in [-0.39, 0.29) is 5.75 Å². The molecule has 5 heteroatoms. The Morgan fingerprint density at radius 1 is 1.22 bits per heavy atom. The zero-order valence-electron chi connectivity index (χ0n) is 10.0. The van der Waals surface area contributed by atoms with Gasteiger partial charge in [0.15, 0.2) is 5.82 Å². The third kappa shape index (κ3) is 2.72. The van der Waals surface area contributed by atoms with Gasteiger partial charge in [-0.25, -0.2) is 9.97 Å². The van der Waals surface area contributed by atoms with Crippen LogP contribution in [0, 0.1) is 3.57 Å². The fourth-order valence-corrected chi connectivity index (χ4v) is 2.17. The Kier molecular flexibility index (Phi) is 4.00. The molecule has 1 aromatic heterocycles. The summed E-state index contributed by atoms with van der Waals surface area (Å²) in [6, 6.07) is 6.80. The minimum Gasteiger partial charge on any atom is -0.508 e. The first-order valence-electron chi connectivity index (χ1n) is 5.73. The molecule has 3 N–H and O–H groups in total. The summed E-state index contributed by atoms with van der Waals surface area (Å²) in [5.74, 6) is 1.35. The van der Waals surface area contributed by atoms with Gasteiger partial charge in [-0.3, -0.25) is 0 Å². The van der Waals surface area contributed by atoms with Crippen LogP contribution in [0.3, 0.4) is 0 Å². The van der Waals surface area contributed by atoms with Crippen molar-refractivity contribution < 1.29 is 5.11 Å². The molecule has 2 aromatic rings. The van der Waals surface area contributed by atoms with Gasteiger partial charge in [0.1, 0.15) is 11.6 Å². The zero-order valence-corrected chi connectivity index (χ0v) is 12.2. The molecule has 2 rings (SSSR count). The molecule has 0 saturated heterocycles. The van der Waals surface area contributed by atoms with Crippen molar-refractivity contribution in [3.05, 3.63) is 33.5 Å². The summed E-state index contributed by atoms with van der Waals surface area (Å²) in [6.07, 6.45) is 1.90. The van der Waals surface area contributed by atoms with Crippen molar-refractivity contribution in [2.75, 3.05) is 5.73 Å². The van der Waals surface area contributed by atoms with E-state index in [1.165, 1.54) is 0 Å². The fourth-order valence-electron chi connectivity index (χ4n) is 1.65. The number of aromatic hydroxyl groups is 1. The highest BCUT2D eigenvalue weighted by atomic mass is 127. The van der Waals surface area contributed by atoms with Crippen molar-refractivity contribution in [1.82, 2.24) is 9.97 Å². The topological polar surface area (TPSA) is 72.0 Å². The van der Waals surface area contributed by atoms with E-state index < -0.39 is 0 Å². The smallest absolute Gasteiger partial charge is 0.161 e. The average Bonchev–Trinajstić information content (AvgIpc) is 2.36. The third-order valence-corrected chi connectivity index (χ3v) is 3.73. The molecule has 1 aromatic carbocycles. The van der Waals surface area contributed by atoms with Crippen molar-refractivity contribution in [3.8, 4) is 17.1 Å². The molecule has 0 spiro atoms. The Morgan fingerprint density at radius 3 is 2.50 bits per heavy atom. The van der Waals surface area contributed by atoms with Gasteiger partial charge < -0.3 is 10.8 Å². The molecule has 0 saturated carbocycles. The zero-order chi connectivity index (χ0) is 13.1. The van der Waals surface area contributed by atoms with E-state index in [0.29, 0.717) is 11.6 Å². The minimum absolute atomic E-state index is 0.228. The Labute approximate surface area is 119 Å². The molecule has 0 aliphatic heterocycles. The number of phenolic OH excluding ortho intramolecular Hbond substituents is 1. The van der Waals surface area contributed by atoms with Crippen LogP contribution in [-0.4, -0.2) is 15.1 Å². The lowest BCUT2D eigenvalue weighted by atomic mass is 10.2. The van der Waals surface area contributed by atoms with Crippen molar-refractivity contribution in [1.29, 1.82) is 0 Å². The molecule has 1 heterocycles. The summed E-state index contributed by atoms with van der Waals surface area (Å²) in [5, 5.41) is 9.27. The number of rotatable bonds is 3. The number of nitrogen functional groups attached to an aromatic ring is 1. The largest absolute Gasteiger partial charge is 0.508 e. The van der Waals surface area contributed by atoms with Crippen LogP contribution in [0.2, 0.25) is 0 Å². The van der Waals surface area contributed by atoms with Gasteiger partial charge >= 0.3 is 0 Å². The summed E-state index contributed by atoms with van der Waals surface area (Å²) in [4.78, 5) is 8.84. The van der Waals surface area contributed by atoms with E-state index in [4.69, 9.17) is 5.73 Å². The maximum Gasteiger partial charge on any atom is 0.161 e. The van der Waals surface area contributed by atoms with Gasteiger partial charge in [-0.1, -0.05) is 13.3 Å². The highest BCUT2D eigenvalue weighted by molar-refractivity contribution is 14.1. The van der Waals surface area contributed by atoms with Crippen LogP contribution in [0.5, 0.6) is 5.75 Å². The first-order valence-corrected chi connectivity index (χ1v) is 6.81. The molecular formula is C13H14IN3O. The van der Waals surface area contributed by atoms with E-state index in [2.05, 4.69) is 39.5 Å². The number of nitrogens with zero attached hydrogens (tertiary/aromatic N) is 2. The number of benzene rings is 1. The fraction of sp³-hybridized carbons (Fsp3) is 0.231. The number of aromatic nitrogens is 2. The van der Waals surface area contributed by atoms with Crippen molar-refractivity contribution >= 4 is 28.4 Å². The van der Waals surface area contributed by atoms with Crippen LogP contribution in [0.1, 0.15) is 19.0 Å². The molecule has 0 fully saturated rings. The molecule has 0 unspecified atom stereocenters. The predicted molar refractivity (Wildman–Crippen MR) is 80.3 cm³/mol. The second-order valence-electron chi connectivity index (χ2n) is 3.99. The number of phenols is 1. The summed E-state index contributed by atoms with van der Waals surface area (Å²) in [6.45, 7) is 2.11. The Balaban J connectivity index is 2.48. The lowest BCUT2D eigenvalue weighted by Gasteiger charge is -2.08. The van der Waals surface area contributed by atoms with Crippen LogP contribution in [0.25, 0.3) is 11.4 Å². The molecule has 0 radical (unpaired) electrons. The average molecular weight is 355 g/mol. The van der Waals surface area contributed by atoms with E-state index in [9.17, 15) is 5.11 Å². The molecule has 0 aliphatic carbocycles. The second kappa shape index (κ2) is 5.51. The number of aryl methyl sites for hydroxylation is 1. The number of hydrogen-bond donors (Lipinski definition) is 2. The van der Waals surface area contributed by atoms with E-state index >= 15 is 0 Å². The van der Waals surface area contributed by atoms with Gasteiger partial charge in [0, 0.05) is 5.56 Å². The number of hydrogen-bond acceptors (Lipinski definition) is 4. The normalized spacial score (nSPS) is 10.6. The highest BCUT2D eigenvalue weighted by Gasteiger charge is 2.10. The molecular weight excluding hydrogens is 341 g/mol. The van der Waals surface area contributed by atoms with Crippen LogP contribution in [0.4, 0.5) is 5.82 Å². The van der Waals surface area contributed by atoms with Gasteiger partial charge in [0.2, 0.25) is 0 Å². The Hall–Kier alpha value is -1.37. The lowest BCUT2D eigenvalue weighted by molar-refractivity contribution is 0.475. The van der Waals surface area contributed by atoms with Gasteiger partial charge in [-0.05, 0) is 53.3 Å². The van der Waals surface area contributed by atoms with Crippen molar-refractivity contribution in [2.24, 2.45) is 0 Å². The van der Waals surface area contributed by atoms with Crippen molar-refractivity contribution in [2.45, 2.75) is 19.8 Å². The summed E-state index contributed by atoms with van der Waals surface area (Å²) in [7, 11) is 0. The van der Waals surface area contributed by atoms with Crippen LogP contribution < -0.4 is 5.73 Å². The van der Waals surface area contributed by atoms with Crippen molar-refractivity contribution in [3.63, 3.8) is 0 Å². The highest BCUT2D eigenvalue weighted by Crippen LogP contribution is 2.24. The van der Waals surface area contributed by atoms with Gasteiger partial charge in [-0.15, -0.1) is 0 Å². The summed E-state index contributed by atoms with van der Waals surface area (Å²) < 4.78 is 0.928. The molecule has 18 heavy (non-hydrogen) atoms. The molecule has 4 nitrogen and oxygen atoms in total. The second-order valence-corrected chi connectivity index (χ2v) is 5.07. The minimum atomic E-state index is 0.228. The first kappa shape index (κ1) is 13.1.